The van der Waals surface area contributed by atoms with Gasteiger partial charge in [0.1, 0.15) is 5.82 Å². The van der Waals surface area contributed by atoms with Gasteiger partial charge in [-0.3, -0.25) is 24.1 Å². The van der Waals surface area contributed by atoms with Crippen LogP contribution in [0, 0.1) is 11.7 Å². The third-order valence-electron chi connectivity index (χ3n) is 6.36. The number of piperidine rings is 1. The normalized spacial score (nSPS) is 19.1. The summed E-state index contributed by atoms with van der Waals surface area (Å²) in [6, 6.07) is 10.0. The van der Waals surface area contributed by atoms with E-state index in [0.717, 1.165) is 17.0 Å². The quantitative estimate of drug-likeness (QED) is 0.362. The Morgan fingerprint density at radius 1 is 0.943 bits per heavy atom. The Morgan fingerprint density at radius 2 is 1.54 bits per heavy atom. The van der Waals surface area contributed by atoms with Gasteiger partial charge < -0.3 is 10.5 Å². The maximum absolute atomic E-state index is 13.0. The van der Waals surface area contributed by atoms with Crippen LogP contribution in [0.2, 0.25) is 0 Å². The summed E-state index contributed by atoms with van der Waals surface area (Å²) in [5.41, 5.74) is 6.05. The average Bonchev–Trinajstić information content (AvgIpc) is 3.16. The van der Waals surface area contributed by atoms with E-state index in [4.69, 9.17) is 10.5 Å². The number of rotatable bonds is 7. The predicted molar refractivity (Wildman–Crippen MR) is 122 cm³/mol. The molecule has 35 heavy (non-hydrogen) atoms. The molecule has 3 amide bonds. The first kappa shape index (κ1) is 24.2. The van der Waals surface area contributed by atoms with Gasteiger partial charge in [0.2, 0.25) is 11.8 Å². The topological polar surface area (TPSA) is 127 Å². The smallest absolute Gasteiger partial charge is 0.338 e. The SMILES string of the molecule is NC(=O)C1CCN(C2CC(=O)N(c3ccc(C(=O)OCC(=O)c4ccc(F)cc4)cc3)C2=O)CC1. The summed E-state index contributed by atoms with van der Waals surface area (Å²) < 4.78 is 18.0. The van der Waals surface area contributed by atoms with Crippen molar-refractivity contribution in [2.45, 2.75) is 25.3 Å². The number of imide groups is 1. The van der Waals surface area contributed by atoms with Gasteiger partial charge in [-0.25, -0.2) is 14.1 Å². The van der Waals surface area contributed by atoms with Gasteiger partial charge in [0, 0.05) is 11.5 Å². The first-order chi connectivity index (χ1) is 16.7. The molecule has 2 aliphatic rings. The van der Waals surface area contributed by atoms with Crippen LogP contribution in [0.1, 0.15) is 40.0 Å². The van der Waals surface area contributed by atoms with Crippen LogP contribution < -0.4 is 10.6 Å². The van der Waals surface area contributed by atoms with Gasteiger partial charge in [0.25, 0.3) is 5.91 Å². The predicted octanol–water partition coefficient (Wildman–Crippen LogP) is 1.69. The van der Waals surface area contributed by atoms with E-state index in [2.05, 4.69) is 0 Å². The molecular weight excluding hydrogens is 457 g/mol. The van der Waals surface area contributed by atoms with Gasteiger partial charge in [-0.15, -0.1) is 0 Å². The lowest BCUT2D eigenvalue weighted by molar-refractivity contribution is -0.124. The fourth-order valence-corrected chi connectivity index (χ4v) is 4.35. The number of carbonyl (C=O) groups excluding carboxylic acids is 5. The Hall–Kier alpha value is -3.92. The molecule has 9 nitrogen and oxygen atoms in total. The minimum Gasteiger partial charge on any atom is -0.454 e. The molecule has 0 aliphatic carbocycles. The number of anilines is 1. The Bertz CT molecular complexity index is 1160. The highest BCUT2D eigenvalue weighted by molar-refractivity contribution is 6.22. The maximum Gasteiger partial charge on any atom is 0.338 e. The molecule has 0 aromatic heterocycles. The molecule has 2 aromatic rings. The van der Waals surface area contributed by atoms with E-state index in [9.17, 15) is 28.4 Å². The molecular formula is C25H24FN3O6. The number of esters is 1. The van der Waals surface area contributed by atoms with Crippen molar-refractivity contribution in [1.82, 2.24) is 4.90 Å². The van der Waals surface area contributed by atoms with E-state index < -0.39 is 30.2 Å². The second-order valence-corrected chi connectivity index (χ2v) is 8.55. The van der Waals surface area contributed by atoms with E-state index in [1.54, 1.807) is 0 Å². The van der Waals surface area contributed by atoms with Crippen LogP contribution in [0.4, 0.5) is 10.1 Å². The second-order valence-electron chi connectivity index (χ2n) is 8.55. The highest BCUT2D eigenvalue weighted by Gasteiger charge is 2.43. The number of benzene rings is 2. The molecule has 2 saturated heterocycles. The highest BCUT2D eigenvalue weighted by atomic mass is 19.1. The number of ketones is 1. The molecule has 182 valence electrons. The van der Waals surface area contributed by atoms with Crippen molar-refractivity contribution in [3.05, 3.63) is 65.5 Å². The van der Waals surface area contributed by atoms with Gasteiger partial charge in [-0.1, -0.05) is 0 Å². The monoisotopic (exact) mass is 481 g/mol. The number of ether oxygens (including phenoxy) is 1. The van der Waals surface area contributed by atoms with Crippen molar-refractivity contribution in [2.75, 3.05) is 24.6 Å². The first-order valence-corrected chi connectivity index (χ1v) is 11.2. The lowest BCUT2D eigenvalue weighted by atomic mass is 9.95. The number of nitrogens with two attached hydrogens (primary N) is 1. The number of halogens is 1. The molecule has 1 atom stereocenters. The molecule has 2 N–H and O–H groups in total. The van der Waals surface area contributed by atoms with Gasteiger partial charge in [-0.2, -0.15) is 0 Å². The number of hydrogen-bond donors (Lipinski definition) is 1. The van der Waals surface area contributed by atoms with E-state index in [0.29, 0.717) is 31.6 Å². The zero-order valence-corrected chi connectivity index (χ0v) is 18.8. The van der Waals surface area contributed by atoms with Crippen LogP contribution in [0.15, 0.2) is 48.5 Å². The van der Waals surface area contributed by atoms with Gasteiger partial charge in [0.15, 0.2) is 12.4 Å². The fourth-order valence-electron chi connectivity index (χ4n) is 4.35. The second kappa shape index (κ2) is 10.1. The third kappa shape index (κ3) is 5.27. The Balaban J connectivity index is 1.35. The van der Waals surface area contributed by atoms with Crippen molar-refractivity contribution in [3.8, 4) is 0 Å². The molecule has 10 heteroatoms. The molecule has 0 saturated carbocycles. The summed E-state index contributed by atoms with van der Waals surface area (Å²) in [4.78, 5) is 64.4. The molecule has 2 heterocycles. The third-order valence-corrected chi connectivity index (χ3v) is 6.36. The summed E-state index contributed by atoms with van der Waals surface area (Å²) >= 11 is 0. The molecule has 0 bridgehead atoms. The molecule has 2 fully saturated rings. The van der Waals surface area contributed by atoms with Crippen molar-refractivity contribution < 1.29 is 33.1 Å². The number of nitrogens with zero attached hydrogens (tertiary/aromatic N) is 2. The number of hydrogen-bond acceptors (Lipinski definition) is 7. The zero-order valence-electron chi connectivity index (χ0n) is 18.8. The number of Topliss-reactive ketones (excluding diaryl/α,β-unsaturated/α-hetero) is 1. The van der Waals surface area contributed by atoms with Gasteiger partial charge in [-0.05, 0) is 74.5 Å². The highest BCUT2D eigenvalue weighted by Crippen LogP contribution is 2.29. The van der Waals surface area contributed by atoms with Crippen LogP contribution >= 0.6 is 0 Å². The summed E-state index contributed by atoms with van der Waals surface area (Å²) in [6.07, 6.45) is 1.14. The van der Waals surface area contributed by atoms with Crippen molar-refractivity contribution in [3.63, 3.8) is 0 Å². The molecule has 0 spiro atoms. The fraction of sp³-hybridized carbons (Fsp3) is 0.320. The van der Waals surface area contributed by atoms with Gasteiger partial charge in [0.05, 0.1) is 23.7 Å². The average molecular weight is 481 g/mol. The number of carbonyl (C=O) groups is 5. The number of amides is 3. The summed E-state index contributed by atoms with van der Waals surface area (Å²) in [5.74, 6) is -2.97. The Morgan fingerprint density at radius 3 is 2.14 bits per heavy atom. The number of likely N-dealkylation sites (tertiary alicyclic amines) is 1. The Labute approximate surface area is 200 Å². The van der Waals surface area contributed by atoms with Crippen LogP contribution in [-0.4, -0.2) is 60.1 Å². The first-order valence-electron chi connectivity index (χ1n) is 11.2. The van der Waals surface area contributed by atoms with E-state index in [-0.39, 0.29) is 41.2 Å². The molecule has 0 radical (unpaired) electrons. The van der Waals surface area contributed by atoms with Crippen molar-refractivity contribution in [2.24, 2.45) is 11.7 Å². The van der Waals surface area contributed by atoms with Crippen LogP contribution in [-0.2, 0) is 19.1 Å². The lowest BCUT2D eigenvalue weighted by Gasteiger charge is -2.33. The van der Waals surface area contributed by atoms with E-state index in [1.807, 2.05) is 4.90 Å². The van der Waals surface area contributed by atoms with Crippen LogP contribution in [0.3, 0.4) is 0 Å². The lowest BCUT2D eigenvalue weighted by Crippen LogP contribution is -2.47. The molecule has 2 aromatic carbocycles. The standard InChI is InChI=1S/C25H24FN3O6/c26-18-5-1-15(2-6-18)21(30)14-35-25(34)17-3-7-19(8-4-17)29-22(31)13-20(24(29)33)28-11-9-16(10-12-28)23(27)32/h1-8,16,20H,9-14H2,(H2,27,32). The van der Waals surface area contributed by atoms with E-state index in [1.165, 1.54) is 36.4 Å². The molecule has 2 aliphatic heterocycles. The minimum absolute atomic E-state index is 0.0371. The summed E-state index contributed by atoms with van der Waals surface area (Å²) in [7, 11) is 0. The van der Waals surface area contributed by atoms with Crippen LogP contribution in [0.25, 0.3) is 0 Å². The van der Waals surface area contributed by atoms with Gasteiger partial charge >= 0.3 is 5.97 Å². The Kier molecular flexibility index (Phi) is 7.02. The zero-order chi connectivity index (χ0) is 25.1. The van der Waals surface area contributed by atoms with Crippen molar-refractivity contribution in [1.29, 1.82) is 0 Å². The summed E-state index contributed by atoms with van der Waals surface area (Å²) in [5, 5.41) is 0. The van der Waals surface area contributed by atoms with Crippen molar-refractivity contribution >= 4 is 35.2 Å². The largest absolute Gasteiger partial charge is 0.454 e. The molecule has 4 rings (SSSR count). The summed E-state index contributed by atoms with van der Waals surface area (Å²) in [6.45, 7) is 0.503. The van der Waals surface area contributed by atoms with Crippen LogP contribution in [0.5, 0.6) is 0 Å². The van der Waals surface area contributed by atoms with E-state index >= 15 is 0 Å². The number of primary amides is 1. The maximum atomic E-state index is 13.0. The minimum atomic E-state index is -0.749. The molecule has 1 unspecified atom stereocenters.